The Labute approximate surface area is 118 Å². The van der Waals surface area contributed by atoms with Gasteiger partial charge < -0.3 is 16.0 Å². The summed E-state index contributed by atoms with van der Waals surface area (Å²) in [4.78, 5) is 14.2. The van der Waals surface area contributed by atoms with Crippen LogP contribution in [0.25, 0.3) is 0 Å². The number of amides is 1. The van der Waals surface area contributed by atoms with Crippen molar-refractivity contribution in [3.8, 4) is 0 Å². The largest absolute Gasteiger partial charge is 0.356 e. The van der Waals surface area contributed by atoms with Crippen LogP contribution in [0.15, 0.2) is 0 Å². The molecule has 19 heavy (non-hydrogen) atoms. The standard InChI is InChI=1S/C15H31N3O/c1-12(16)7-8-14(19)17-11-15(2,3)13-6-5-9-18(4)10-13/h12-13H,5-11,16H2,1-4H3,(H,17,19). The molecule has 0 aromatic heterocycles. The Morgan fingerprint density at radius 2 is 2.21 bits per heavy atom. The van der Waals surface area contributed by atoms with Crippen molar-refractivity contribution in [3.63, 3.8) is 0 Å². The normalized spacial score (nSPS) is 23.1. The average molecular weight is 269 g/mol. The molecule has 1 aliphatic rings. The quantitative estimate of drug-likeness (QED) is 0.770. The first kappa shape index (κ1) is 16.4. The Morgan fingerprint density at radius 3 is 2.79 bits per heavy atom. The third-order valence-corrected chi connectivity index (χ3v) is 4.30. The minimum atomic E-state index is 0.103. The van der Waals surface area contributed by atoms with E-state index >= 15 is 0 Å². The fourth-order valence-electron chi connectivity index (χ4n) is 2.72. The molecule has 2 atom stereocenters. The van der Waals surface area contributed by atoms with E-state index in [2.05, 4.69) is 31.1 Å². The summed E-state index contributed by atoms with van der Waals surface area (Å²) in [6.45, 7) is 9.58. The zero-order chi connectivity index (χ0) is 14.5. The van der Waals surface area contributed by atoms with E-state index in [1.165, 1.54) is 19.4 Å². The number of likely N-dealkylation sites (tertiary alicyclic amines) is 1. The lowest BCUT2D eigenvalue weighted by molar-refractivity contribution is -0.121. The van der Waals surface area contributed by atoms with Crippen molar-refractivity contribution in [1.29, 1.82) is 0 Å². The van der Waals surface area contributed by atoms with Crippen LogP contribution in [0, 0.1) is 11.3 Å². The minimum absolute atomic E-state index is 0.103. The van der Waals surface area contributed by atoms with Crippen molar-refractivity contribution in [2.45, 2.75) is 52.5 Å². The van der Waals surface area contributed by atoms with E-state index in [4.69, 9.17) is 5.73 Å². The summed E-state index contributed by atoms with van der Waals surface area (Å²) in [5.74, 6) is 0.800. The number of nitrogens with two attached hydrogens (primary N) is 1. The van der Waals surface area contributed by atoms with Gasteiger partial charge in [0.15, 0.2) is 0 Å². The Balaban J connectivity index is 2.35. The van der Waals surface area contributed by atoms with Gasteiger partial charge in [0.1, 0.15) is 0 Å². The molecule has 0 aliphatic carbocycles. The number of hydrogen-bond donors (Lipinski definition) is 2. The number of carbonyl (C=O) groups is 1. The van der Waals surface area contributed by atoms with E-state index in [0.717, 1.165) is 19.5 Å². The molecule has 1 fully saturated rings. The molecule has 112 valence electrons. The highest BCUT2D eigenvalue weighted by atomic mass is 16.1. The zero-order valence-corrected chi connectivity index (χ0v) is 13.0. The highest BCUT2D eigenvalue weighted by Crippen LogP contribution is 2.32. The molecule has 0 spiro atoms. The first-order valence-corrected chi connectivity index (χ1v) is 7.52. The molecule has 0 aromatic rings. The molecule has 1 rings (SSSR count). The average Bonchev–Trinajstić information content (AvgIpc) is 2.34. The molecule has 1 amide bonds. The minimum Gasteiger partial charge on any atom is -0.356 e. The monoisotopic (exact) mass is 269 g/mol. The highest BCUT2D eigenvalue weighted by molar-refractivity contribution is 5.75. The molecule has 0 saturated carbocycles. The molecule has 4 heteroatoms. The van der Waals surface area contributed by atoms with Gasteiger partial charge in [0, 0.05) is 25.6 Å². The van der Waals surface area contributed by atoms with E-state index in [0.29, 0.717) is 12.3 Å². The Morgan fingerprint density at radius 1 is 1.53 bits per heavy atom. The summed E-state index contributed by atoms with van der Waals surface area (Å²) < 4.78 is 0. The van der Waals surface area contributed by atoms with Gasteiger partial charge in [-0.15, -0.1) is 0 Å². The van der Waals surface area contributed by atoms with Crippen LogP contribution in [-0.2, 0) is 4.79 Å². The molecule has 1 saturated heterocycles. The molecule has 2 unspecified atom stereocenters. The van der Waals surface area contributed by atoms with Crippen molar-refractivity contribution in [1.82, 2.24) is 10.2 Å². The van der Waals surface area contributed by atoms with E-state index in [-0.39, 0.29) is 17.4 Å². The van der Waals surface area contributed by atoms with Gasteiger partial charge in [-0.05, 0) is 51.1 Å². The number of carbonyl (C=O) groups excluding carboxylic acids is 1. The lowest BCUT2D eigenvalue weighted by atomic mass is 9.74. The van der Waals surface area contributed by atoms with Crippen LogP contribution >= 0.6 is 0 Å². The molecule has 0 bridgehead atoms. The first-order chi connectivity index (χ1) is 8.81. The lowest BCUT2D eigenvalue weighted by Gasteiger charge is -2.40. The molecule has 0 radical (unpaired) electrons. The summed E-state index contributed by atoms with van der Waals surface area (Å²) in [5, 5.41) is 3.08. The van der Waals surface area contributed by atoms with E-state index in [1.54, 1.807) is 0 Å². The maximum Gasteiger partial charge on any atom is 0.220 e. The predicted octanol–water partition coefficient (Wildman–Crippen LogP) is 1.60. The van der Waals surface area contributed by atoms with Crippen molar-refractivity contribution in [3.05, 3.63) is 0 Å². The highest BCUT2D eigenvalue weighted by Gasteiger charge is 2.32. The van der Waals surface area contributed by atoms with Crippen molar-refractivity contribution >= 4 is 5.91 Å². The number of nitrogens with zero attached hydrogens (tertiary/aromatic N) is 1. The van der Waals surface area contributed by atoms with Gasteiger partial charge >= 0.3 is 0 Å². The van der Waals surface area contributed by atoms with Crippen LogP contribution in [0.2, 0.25) is 0 Å². The van der Waals surface area contributed by atoms with Gasteiger partial charge in [-0.1, -0.05) is 13.8 Å². The Kier molecular flexibility index (Phi) is 6.27. The molecule has 4 nitrogen and oxygen atoms in total. The van der Waals surface area contributed by atoms with Crippen LogP contribution in [0.3, 0.4) is 0 Å². The lowest BCUT2D eigenvalue weighted by Crippen LogP contribution is -2.45. The summed E-state index contributed by atoms with van der Waals surface area (Å²) >= 11 is 0. The van der Waals surface area contributed by atoms with Crippen molar-refractivity contribution in [2.24, 2.45) is 17.1 Å². The second-order valence-corrected chi connectivity index (χ2v) is 6.88. The van der Waals surface area contributed by atoms with Gasteiger partial charge in [0.25, 0.3) is 0 Å². The topological polar surface area (TPSA) is 58.4 Å². The van der Waals surface area contributed by atoms with Crippen LogP contribution in [-0.4, -0.2) is 43.5 Å². The molecule has 0 aromatic carbocycles. The second-order valence-electron chi connectivity index (χ2n) is 6.88. The fraction of sp³-hybridized carbons (Fsp3) is 0.933. The molecular formula is C15H31N3O. The van der Waals surface area contributed by atoms with Crippen LogP contribution in [0.1, 0.15) is 46.5 Å². The summed E-state index contributed by atoms with van der Waals surface area (Å²) in [7, 11) is 2.18. The Bertz CT molecular complexity index is 289. The van der Waals surface area contributed by atoms with Gasteiger partial charge in [-0.3, -0.25) is 4.79 Å². The van der Waals surface area contributed by atoms with Gasteiger partial charge in [-0.2, -0.15) is 0 Å². The van der Waals surface area contributed by atoms with Crippen LogP contribution < -0.4 is 11.1 Å². The van der Waals surface area contributed by atoms with Crippen LogP contribution in [0.4, 0.5) is 0 Å². The maximum atomic E-state index is 11.8. The maximum absolute atomic E-state index is 11.8. The zero-order valence-electron chi connectivity index (χ0n) is 13.0. The SMILES string of the molecule is CC(N)CCC(=O)NCC(C)(C)C1CCCN(C)C1. The summed E-state index contributed by atoms with van der Waals surface area (Å²) in [5.41, 5.74) is 5.83. The van der Waals surface area contributed by atoms with Crippen molar-refractivity contribution in [2.75, 3.05) is 26.7 Å². The third-order valence-electron chi connectivity index (χ3n) is 4.30. The third kappa shape index (κ3) is 5.91. The van der Waals surface area contributed by atoms with Gasteiger partial charge in [0.2, 0.25) is 5.91 Å². The first-order valence-electron chi connectivity index (χ1n) is 7.52. The molecule has 3 N–H and O–H groups in total. The smallest absolute Gasteiger partial charge is 0.220 e. The number of rotatable bonds is 6. The molecular weight excluding hydrogens is 238 g/mol. The number of nitrogens with one attached hydrogen (secondary N) is 1. The molecule has 1 aliphatic heterocycles. The van der Waals surface area contributed by atoms with Gasteiger partial charge in [0.05, 0.1) is 0 Å². The van der Waals surface area contributed by atoms with Gasteiger partial charge in [-0.25, -0.2) is 0 Å². The number of hydrogen-bond acceptors (Lipinski definition) is 3. The molecule has 1 heterocycles. The fourth-order valence-corrected chi connectivity index (χ4v) is 2.72. The van der Waals surface area contributed by atoms with E-state index in [1.807, 2.05) is 6.92 Å². The summed E-state index contributed by atoms with van der Waals surface area (Å²) in [6.07, 6.45) is 3.84. The Hall–Kier alpha value is -0.610. The van der Waals surface area contributed by atoms with Crippen molar-refractivity contribution < 1.29 is 4.79 Å². The second kappa shape index (κ2) is 7.25. The van der Waals surface area contributed by atoms with E-state index in [9.17, 15) is 4.79 Å². The van der Waals surface area contributed by atoms with Crippen LogP contribution in [0.5, 0.6) is 0 Å². The predicted molar refractivity (Wildman–Crippen MR) is 79.9 cm³/mol. The van der Waals surface area contributed by atoms with E-state index < -0.39 is 0 Å². The summed E-state index contributed by atoms with van der Waals surface area (Å²) in [6, 6.07) is 0.103. The number of piperidine rings is 1.